The van der Waals surface area contributed by atoms with Crippen LogP contribution in [0.2, 0.25) is 0 Å². The number of hydrogen-bond donors (Lipinski definition) is 1. The normalized spacial score (nSPS) is 14.1. The minimum Gasteiger partial charge on any atom is -0.350 e. The van der Waals surface area contributed by atoms with Crippen LogP contribution in [0.4, 0.5) is 5.69 Å². The first kappa shape index (κ1) is 15.3. The molecule has 3 rings (SSSR count). The van der Waals surface area contributed by atoms with E-state index < -0.39 is 0 Å². The molecule has 2 aromatic rings. The predicted octanol–water partition coefficient (Wildman–Crippen LogP) is 2.67. The van der Waals surface area contributed by atoms with Crippen LogP contribution in [-0.4, -0.2) is 18.4 Å². The van der Waals surface area contributed by atoms with Gasteiger partial charge in [0.05, 0.1) is 0 Å². The molecule has 0 fully saturated rings. The van der Waals surface area contributed by atoms with Crippen molar-refractivity contribution >= 4 is 17.5 Å². The Morgan fingerprint density at radius 1 is 1.00 bits per heavy atom. The molecule has 0 atom stereocenters. The second-order valence-electron chi connectivity index (χ2n) is 5.72. The Labute approximate surface area is 136 Å². The van der Waals surface area contributed by atoms with E-state index in [1.807, 2.05) is 54.6 Å². The van der Waals surface area contributed by atoms with Gasteiger partial charge in [0.2, 0.25) is 11.8 Å². The molecule has 0 saturated heterocycles. The van der Waals surface area contributed by atoms with Gasteiger partial charge in [0.25, 0.3) is 0 Å². The number of amides is 2. The van der Waals surface area contributed by atoms with Crippen LogP contribution in [0.25, 0.3) is 0 Å². The molecule has 0 spiro atoms. The van der Waals surface area contributed by atoms with Crippen LogP contribution in [0.3, 0.4) is 0 Å². The molecular weight excluding hydrogens is 288 g/mol. The van der Waals surface area contributed by atoms with Gasteiger partial charge >= 0.3 is 0 Å². The summed E-state index contributed by atoms with van der Waals surface area (Å²) in [5.41, 5.74) is 3.04. The molecule has 0 radical (unpaired) electrons. The molecule has 0 bridgehead atoms. The third-order valence-electron chi connectivity index (χ3n) is 4.05. The summed E-state index contributed by atoms with van der Waals surface area (Å²) in [5.74, 6) is -0.122. The van der Waals surface area contributed by atoms with Gasteiger partial charge in [-0.3, -0.25) is 9.59 Å². The molecule has 1 N–H and O–H groups in total. The van der Waals surface area contributed by atoms with Gasteiger partial charge in [-0.1, -0.05) is 48.5 Å². The van der Waals surface area contributed by atoms with E-state index in [1.165, 1.54) is 0 Å². The molecule has 0 aliphatic carbocycles. The molecule has 0 saturated carbocycles. The zero-order valence-corrected chi connectivity index (χ0v) is 13.0. The lowest BCUT2D eigenvalue weighted by Crippen LogP contribution is -2.40. The molecule has 2 amide bonds. The molecule has 0 aromatic heterocycles. The van der Waals surface area contributed by atoms with Gasteiger partial charge in [-0.2, -0.15) is 0 Å². The third-order valence-corrected chi connectivity index (χ3v) is 4.05. The van der Waals surface area contributed by atoms with Crippen molar-refractivity contribution in [2.45, 2.75) is 25.8 Å². The van der Waals surface area contributed by atoms with Crippen LogP contribution in [0.1, 0.15) is 24.0 Å². The second-order valence-corrected chi connectivity index (χ2v) is 5.72. The molecule has 4 nitrogen and oxygen atoms in total. The van der Waals surface area contributed by atoms with Crippen LogP contribution in [0, 0.1) is 0 Å². The van der Waals surface area contributed by atoms with E-state index in [1.54, 1.807) is 4.90 Å². The highest BCUT2D eigenvalue weighted by molar-refractivity contribution is 5.99. The van der Waals surface area contributed by atoms with Gasteiger partial charge in [-0.05, 0) is 30.0 Å². The first-order chi connectivity index (χ1) is 11.2. The molecule has 23 heavy (non-hydrogen) atoms. The Morgan fingerprint density at radius 2 is 1.74 bits per heavy atom. The molecule has 4 heteroatoms. The highest BCUT2D eigenvalue weighted by Crippen LogP contribution is 2.26. The largest absolute Gasteiger partial charge is 0.350 e. The van der Waals surface area contributed by atoms with E-state index in [2.05, 4.69) is 5.32 Å². The Kier molecular flexibility index (Phi) is 4.71. The quantitative estimate of drug-likeness (QED) is 0.944. The first-order valence-electron chi connectivity index (χ1n) is 7.93. The highest BCUT2D eigenvalue weighted by Gasteiger charge is 2.23. The lowest BCUT2D eigenvalue weighted by molar-refractivity contribution is -0.123. The number of benzene rings is 2. The standard InChI is InChI=1S/C19H20N2O2/c22-18(20-13-15-7-2-1-3-8-15)14-21-17-11-5-4-9-16(17)10-6-12-19(21)23/h1-5,7-9,11H,6,10,12-14H2,(H,20,22). The van der Waals surface area contributed by atoms with Gasteiger partial charge in [0.15, 0.2) is 0 Å². The van der Waals surface area contributed by atoms with Gasteiger partial charge in [0.1, 0.15) is 6.54 Å². The molecule has 1 aliphatic rings. The van der Waals surface area contributed by atoms with E-state index in [4.69, 9.17) is 0 Å². The molecule has 1 heterocycles. The summed E-state index contributed by atoms with van der Waals surface area (Å²) < 4.78 is 0. The summed E-state index contributed by atoms with van der Waals surface area (Å²) in [4.78, 5) is 26.2. The number of carbonyl (C=O) groups excluding carboxylic acids is 2. The van der Waals surface area contributed by atoms with Crippen molar-refractivity contribution in [1.82, 2.24) is 5.32 Å². The topological polar surface area (TPSA) is 49.4 Å². The first-order valence-corrected chi connectivity index (χ1v) is 7.93. The summed E-state index contributed by atoms with van der Waals surface area (Å²) in [5, 5.41) is 2.89. The number of rotatable bonds is 4. The fourth-order valence-corrected chi connectivity index (χ4v) is 2.85. The van der Waals surface area contributed by atoms with E-state index in [0.717, 1.165) is 29.7 Å². The van der Waals surface area contributed by atoms with Crippen LogP contribution in [-0.2, 0) is 22.6 Å². The van der Waals surface area contributed by atoms with Crippen molar-refractivity contribution in [3.8, 4) is 0 Å². The van der Waals surface area contributed by atoms with Crippen LogP contribution < -0.4 is 10.2 Å². The van der Waals surface area contributed by atoms with Crippen molar-refractivity contribution in [2.24, 2.45) is 0 Å². The van der Waals surface area contributed by atoms with Crippen molar-refractivity contribution < 1.29 is 9.59 Å². The van der Waals surface area contributed by atoms with Crippen molar-refractivity contribution in [2.75, 3.05) is 11.4 Å². The smallest absolute Gasteiger partial charge is 0.240 e. The van der Waals surface area contributed by atoms with Gasteiger partial charge in [-0.15, -0.1) is 0 Å². The number of fused-ring (bicyclic) bond motifs is 1. The lowest BCUT2D eigenvalue weighted by Gasteiger charge is -2.22. The second kappa shape index (κ2) is 7.09. The monoisotopic (exact) mass is 308 g/mol. The Bertz CT molecular complexity index is 698. The Hall–Kier alpha value is -2.62. The summed E-state index contributed by atoms with van der Waals surface area (Å²) in [6.45, 7) is 0.548. The summed E-state index contributed by atoms with van der Waals surface area (Å²) in [6, 6.07) is 17.6. The fourth-order valence-electron chi connectivity index (χ4n) is 2.85. The van der Waals surface area contributed by atoms with Crippen molar-refractivity contribution in [3.05, 3.63) is 65.7 Å². The average molecular weight is 308 g/mol. The van der Waals surface area contributed by atoms with Crippen molar-refractivity contribution in [1.29, 1.82) is 0 Å². The Balaban J connectivity index is 1.68. The fraction of sp³-hybridized carbons (Fsp3) is 0.263. The number of hydrogen-bond acceptors (Lipinski definition) is 2. The maximum atomic E-state index is 12.3. The number of para-hydroxylation sites is 1. The molecule has 0 unspecified atom stereocenters. The average Bonchev–Trinajstić information content (AvgIpc) is 2.74. The van der Waals surface area contributed by atoms with Crippen LogP contribution in [0.15, 0.2) is 54.6 Å². The minimum absolute atomic E-state index is 0.0183. The zero-order chi connectivity index (χ0) is 16.1. The third kappa shape index (κ3) is 3.77. The number of aryl methyl sites for hydroxylation is 1. The van der Waals surface area contributed by atoms with E-state index in [-0.39, 0.29) is 18.4 Å². The van der Waals surface area contributed by atoms with Crippen molar-refractivity contribution in [3.63, 3.8) is 0 Å². The maximum Gasteiger partial charge on any atom is 0.240 e. The number of nitrogens with one attached hydrogen (secondary N) is 1. The Morgan fingerprint density at radius 3 is 2.57 bits per heavy atom. The molecular formula is C19H20N2O2. The van der Waals surface area contributed by atoms with Crippen LogP contribution >= 0.6 is 0 Å². The number of carbonyl (C=O) groups is 2. The van der Waals surface area contributed by atoms with Gasteiger partial charge < -0.3 is 10.2 Å². The lowest BCUT2D eigenvalue weighted by atomic mass is 10.1. The van der Waals surface area contributed by atoms with E-state index in [9.17, 15) is 9.59 Å². The van der Waals surface area contributed by atoms with E-state index in [0.29, 0.717) is 13.0 Å². The van der Waals surface area contributed by atoms with Gasteiger partial charge in [0, 0.05) is 18.7 Å². The summed E-state index contributed by atoms with van der Waals surface area (Å²) in [7, 11) is 0. The molecule has 1 aliphatic heterocycles. The summed E-state index contributed by atoms with van der Waals surface area (Å²) in [6.07, 6.45) is 2.20. The SMILES string of the molecule is O=C(CN1C(=O)CCCc2ccccc21)NCc1ccccc1. The number of nitrogens with zero attached hydrogens (tertiary/aromatic N) is 1. The van der Waals surface area contributed by atoms with Gasteiger partial charge in [-0.25, -0.2) is 0 Å². The number of anilines is 1. The minimum atomic E-state index is -0.140. The highest BCUT2D eigenvalue weighted by atomic mass is 16.2. The maximum absolute atomic E-state index is 12.3. The van der Waals surface area contributed by atoms with E-state index >= 15 is 0 Å². The molecule has 118 valence electrons. The predicted molar refractivity (Wildman–Crippen MR) is 90.0 cm³/mol. The van der Waals surface area contributed by atoms with Crippen LogP contribution in [0.5, 0.6) is 0 Å². The summed E-state index contributed by atoms with van der Waals surface area (Å²) >= 11 is 0. The zero-order valence-electron chi connectivity index (χ0n) is 13.0. The molecule has 2 aromatic carbocycles.